The first-order valence-electron chi connectivity index (χ1n) is 30.2. The fraction of sp³-hybridized carbons (Fsp3) is 0.308. The van der Waals surface area contributed by atoms with Gasteiger partial charge in [0.2, 0.25) is 0 Å². The maximum absolute atomic E-state index is 12.4. The Kier molecular flexibility index (Phi) is 17.5. The van der Waals surface area contributed by atoms with Crippen molar-refractivity contribution in [2.45, 2.75) is 157 Å². The Morgan fingerprint density at radius 3 is 1.00 bits per heavy atom. The van der Waals surface area contributed by atoms with E-state index in [1.165, 1.54) is 0 Å². The molecule has 0 atom stereocenters. The zero-order chi connectivity index (χ0) is 61.8. The minimum absolute atomic E-state index is 0. The molecule has 0 aliphatic carbocycles. The second-order valence-corrected chi connectivity index (χ2v) is 29.6. The van der Waals surface area contributed by atoms with Gasteiger partial charge >= 0.3 is 0 Å². The van der Waals surface area contributed by atoms with Crippen LogP contribution in [-0.2, 0) is 74.6 Å². The quantitative estimate of drug-likeness (QED) is 0.147. The van der Waals surface area contributed by atoms with E-state index >= 15 is 0 Å². The van der Waals surface area contributed by atoms with Gasteiger partial charge in [0.1, 0.15) is 23.1 Å². The number of phenolic OH excluding ortho intramolecular Hbond substituents is 2. The van der Waals surface area contributed by atoms with Gasteiger partial charge in [0.15, 0.2) is 0 Å². The van der Waals surface area contributed by atoms with Crippen LogP contribution in [0.2, 0.25) is 0 Å². The van der Waals surface area contributed by atoms with E-state index in [-0.39, 0.29) is 86.1 Å². The Labute approximate surface area is 550 Å². The van der Waals surface area contributed by atoms with E-state index in [0.717, 1.165) is 112 Å². The van der Waals surface area contributed by atoms with Gasteiger partial charge in [0, 0.05) is 76.0 Å². The molecule has 0 unspecified atom stereocenters. The Morgan fingerprint density at radius 2 is 0.670 bits per heavy atom. The van der Waals surface area contributed by atoms with Crippen molar-refractivity contribution >= 4 is 22.1 Å². The normalized spacial score (nSPS) is 12.6. The number of para-hydroxylation sites is 4. The van der Waals surface area contributed by atoms with Crippen molar-refractivity contribution in [3.63, 3.8) is 0 Å². The Balaban J connectivity index is 0.00000461. The molecule has 0 fully saturated rings. The van der Waals surface area contributed by atoms with E-state index in [2.05, 4.69) is 261 Å². The molecule has 3 aromatic heterocycles. The van der Waals surface area contributed by atoms with Crippen LogP contribution in [0.4, 0.5) is 0 Å². The van der Waals surface area contributed by atoms with E-state index in [9.17, 15) is 10.2 Å². The number of rotatable bonds is 8. The largest absolute Gasteiger partial charge is 0.507 e. The molecule has 0 saturated heterocycles. The summed E-state index contributed by atoms with van der Waals surface area (Å²) in [7, 11) is 0. The summed E-state index contributed by atoms with van der Waals surface area (Å²) in [6, 6.07) is 60.5. The molecule has 0 bridgehead atoms. The molecule has 3 heterocycles. The number of phenols is 2. The van der Waals surface area contributed by atoms with E-state index < -0.39 is 0 Å². The van der Waals surface area contributed by atoms with Gasteiger partial charge in [-0.05, 0) is 92.1 Å². The van der Waals surface area contributed by atoms with Gasteiger partial charge < -0.3 is 10.2 Å². The first kappa shape index (κ1) is 65.2. The number of nitrogens with zero attached hydrogens (tertiary/aromatic N) is 6. The minimum atomic E-state index is -0.333. The molecule has 8 nitrogen and oxygen atoms in total. The summed E-state index contributed by atoms with van der Waals surface area (Å²) in [5.41, 5.74) is 18.0. The van der Waals surface area contributed by atoms with Crippen LogP contribution < -0.4 is 0 Å². The fourth-order valence-corrected chi connectivity index (χ4v) is 11.5. The number of hydrogen-bond donors (Lipinski definition) is 2. The van der Waals surface area contributed by atoms with Gasteiger partial charge in [0.05, 0.1) is 39.5 Å². The summed E-state index contributed by atoms with van der Waals surface area (Å²) in [6.45, 7) is 39.6. The van der Waals surface area contributed by atoms with Crippen LogP contribution in [0.5, 0.6) is 11.5 Å². The summed E-state index contributed by atoms with van der Waals surface area (Å²) in [6.07, 6.45) is 1.65. The molecule has 0 saturated carbocycles. The zero-order valence-electron chi connectivity index (χ0n) is 54.2. The maximum atomic E-state index is 12.4. The standard InChI is InChI=1S/C78H82N6O2.2Pt/c1-73(2,3)51-37-47(57-31-25-33-65-67(57)81-71(83(65)55-27-21-19-22-28-55)59-41-53(75(7,8)9)43-61(69(59)85)77(13,14)15)35-49(39-51)63-45-64(80-46-79-63)50-36-48(38-52(40-50)74(4,5)6)58-32-26-34-66-68(58)82-72(84(66)56-29-23-20-24-30-56)60-42-54(76(10,11)12)44-62(70(60)86)78(16,17)18;;/h19-34,37-46,85-86H,1-18H3;;/q-2;;. The van der Waals surface area contributed by atoms with Crippen molar-refractivity contribution in [3.8, 4) is 90.4 Å². The van der Waals surface area contributed by atoms with Crippen molar-refractivity contribution in [3.05, 3.63) is 203 Å². The predicted octanol–water partition coefficient (Wildman–Crippen LogP) is 19.9. The summed E-state index contributed by atoms with van der Waals surface area (Å²) in [4.78, 5) is 21.1. The number of imidazole rings is 2. The number of hydrogen-bond acceptors (Lipinski definition) is 6. The Morgan fingerprint density at radius 1 is 0.341 bits per heavy atom. The van der Waals surface area contributed by atoms with E-state index in [4.69, 9.17) is 19.9 Å². The van der Waals surface area contributed by atoms with Crippen LogP contribution in [0.3, 0.4) is 0 Å². The van der Waals surface area contributed by atoms with Crippen LogP contribution >= 0.6 is 0 Å². The van der Waals surface area contributed by atoms with E-state index in [1.54, 1.807) is 6.33 Å². The van der Waals surface area contributed by atoms with Gasteiger partial charge in [-0.1, -0.05) is 226 Å². The van der Waals surface area contributed by atoms with Crippen molar-refractivity contribution in [1.82, 2.24) is 29.1 Å². The third-order valence-corrected chi connectivity index (χ3v) is 16.7. The summed E-state index contributed by atoms with van der Waals surface area (Å²) in [5.74, 6) is 1.79. The SMILES string of the molecule is CC(C)(C)c1cc(-c2cc(-c3[c-]c(-c4cccc5c4nc(-c4cc(C(C)(C)C)cc(C(C)(C)C)c4O)n5-c4ccccc4)cc(C(C)(C)C)c3)ncn2)[c-]c(-c2cccc3c2nc(-c2cc(C(C)(C)C)cc(C(C)(C)C)c2O)n3-c2ccccc2)c1.[Pt].[Pt]. The molecule has 0 spiro atoms. The average molecular weight is 1530 g/mol. The predicted molar refractivity (Wildman–Crippen MR) is 357 cm³/mol. The first-order chi connectivity index (χ1) is 40.3. The molecule has 0 aliphatic heterocycles. The molecule has 2 N–H and O–H groups in total. The number of aromatic hydroxyl groups is 2. The molecule has 0 aliphatic rings. The summed E-state index contributed by atoms with van der Waals surface area (Å²) in [5, 5.41) is 24.8. The number of benzene rings is 8. The topological polar surface area (TPSA) is 102 Å². The monoisotopic (exact) mass is 1520 g/mol. The van der Waals surface area contributed by atoms with E-state index in [1.807, 2.05) is 36.4 Å². The molecule has 11 rings (SSSR count). The minimum Gasteiger partial charge on any atom is -0.507 e. The van der Waals surface area contributed by atoms with Crippen LogP contribution in [0.1, 0.15) is 158 Å². The number of aromatic nitrogens is 6. The van der Waals surface area contributed by atoms with Gasteiger partial charge in [-0.3, -0.25) is 19.1 Å². The molecule has 0 amide bonds. The summed E-state index contributed by atoms with van der Waals surface area (Å²) >= 11 is 0. The fourth-order valence-electron chi connectivity index (χ4n) is 11.5. The maximum Gasteiger partial charge on any atom is 0.148 e. The molecule has 88 heavy (non-hydrogen) atoms. The van der Waals surface area contributed by atoms with Crippen LogP contribution in [0.25, 0.3) is 101 Å². The van der Waals surface area contributed by atoms with Crippen LogP contribution in [0, 0.1) is 12.1 Å². The molecule has 0 radical (unpaired) electrons. The van der Waals surface area contributed by atoms with Gasteiger partial charge in [-0.2, -0.15) is 0 Å². The Hall–Kier alpha value is -7.24. The van der Waals surface area contributed by atoms with E-state index in [0.29, 0.717) is 22.8 Å². The Bertz CT molecular complexity index is 4140. The smallest absolute Gasteiger partial charge is 0.148 e. The van der Waals surface area contributed by atoms with Crippen LogP contribution in [-0.4, -0.2) is 39.3 Å². The molecule has 8 aromatic carbocycles. The van der Waals surface area contributed by atoms with Gasteiger partial charge in [0.25, 0.3) is 0 Å². The summed E-state index contributed by atoms with van der Waals surface area (Å²) < 4.78 is 4.36. The van der Waals surface area contributed by atoms with Crippen molar-refractivity contribution in [2.75, 3.05) is 0 Å². The molecule has 458 valence electrons. The van der Waals surface area contributed by atoms with Crippen molar-refractivity contribution < 1.29 is 52.3 Å². The average Bonchev–Trinajstić information content (AvgIpc) is 1.93. The first-order valence-corrected chi connectivity index (χ1v) is 30.2. The third kappa shape index (κ3) is 12.6. The molecule has 10 heteroatoms. The second kappa shape index (κ2) is 23.6. The zero-order valence-corrected chi connectivity index (χ0v) is 58.8. The van der Waals surface area contributed by atoms with Gasteiger partial charge in [-0.15, -0.1) is 58.7 Å². The number of fused-ring (bicyclic) bond motifs is 2. The van der Waals surface area contributed by atoms with Crippen LogP contribution in [0.15, 0.2) is 158 Å². The molecule has 11 aromatic rings. The second-order valence-electron chi connectivity index (χ2n) is 29.6. The van der Waals surface area contributed by atoms with Gasteiger partial charge in [-0.25, -0.2) is 9.97 Å². The van der Waals surface area contributed by atoms with Crippen molar-refractivity contribution in [1.29, 1.82) is 0 Å². The van der Waals surface area contributed by atoms with Crippen molar-refractivity contribution in [2.24, 2.45) is 0 Å². The molecular formula is C78H82N6O2Pt2-2. The molecular weight excluding hydrogens is 1440 g/mol. The third-order valence-electron chi connectivity index (χ3n) is 16.7.